The van der Waals surface area contributed by atoms with Crippen LogP contribution in [0.4, 0.5) is 0 Å². The number of methoxy groups -OCH3 is 1. The lowest BCUT2D eigenvalue weighted by Gasteiger charge is -2.00. The number of nitrogens with one attached hydrogen (secondary N) is 1. The van der Waals surface area contributed by atoms with Crippen molar-refractivity contribution < 1.29 is 14.6 Å². The van der Waals surface area contributed by atoms with Crippen LogP contribution in [0.15, 0.2) is 12.1 Å². The van der Waals surface area contributed by atoms with Gasteiger partial charge in [-0.25, -0.2) is 9.78 Å². The van der Waals surface area contributed by atoms with Gasteiger partial charge in [-0.15, -0.1) is 0 Å². The van der Waals surface area contributed by atoms with Gasteiger partial charge in [-0.05, 0) is 12.1 Å². The van der Waals surface area contributed by atoms with Crippen molar-refractivity contribution in [1.29, 1.82) is 0 Å². The number of hydrogen-bond donors (Lipinski definition) is 2. The lowest BCUT2D eigenvalue weighted by atomic mass is 10.3. The summed E-state index contributed by atoms with van der Waals surface area (Å²) in [4.78, 5) is 17.4. The highest BCUT2D eigenvalue weighted by Gasteiger charge is 2.11. The number of fused-ring (bicyclic) bond motifs is 1. The third kappa shape index (κ3) is 1.61. The first-order chi connectivity index (χ1) is 7.11. The lowest BCUT2D eigenvalue weighted by molar-refractivity contribution is 0.0691. The van der Waals surface area contributed by atoms with E-state index >= 15 is 0 Å². The zero-order valence-corrected chi connectivity index (χ0v) is 8.50. The summed E-state index contributed by atoms with van der Waals surface area (Å²) in [5.41, 5.74) is 1.15. The number of halogens is 1. The summed E-state index contributed by atoms with van der Waals surface area (Å²) in [5.74, 6) is -0.761. The molecule has 0 spiro atoms. The van der Waals surface area contributed by atoms with Crippen LogP contribution in [0, 0.1) is 0 Å². The van der Waals surface area contributed by atoms with Gasteiger partial charge in [0.15, 0.2) is 0 Å². The molecule has 2 heterocycles. The van der Waals surface area contributed by atoms with Crippen LogP contribution in [-0.2, 0) is 0 Å². The van der Waals surface area contributed by atoms with Gasteiger partial charge in [0.25, 0.3) is 0 Å². The second-order valence-electron chi connectivity index (χ2n) is 2.90. The third-order valence-corrected chi connectivity index (χ3v) is 2.22. The molecule has 5 nitrogen and oxygen atoms in total. The molecule has 2 rings (SSSR count). The van der Waals surface area contributed by atoms with Crippen LogP contribution in [0.25, 0.3) is 11.0 Å². The summed E-state index contributed by atoms with van der Waals surface area (Å²) in [6.45, 7) is 0. The number of aromatic carboxylic acids is 1. The molecular formula is C9H7ClN2O3. The van der Waals surface area contributed by atoms with E-state index in [1.54, 1.807) is 6.07 Å². The third-order valence-electron chi connectivity index (χ3n) is 1.95. The van der Waals surface area contributed by atoms with Crippen molar-refractivity contribution in [3.63, 3.8) is 0 Å². The Hall–Kier alpha value is -1.75. The Bertz CT molecular complexity index is 535. The number of carbonyl (C=O) groups is 1. The highest BCUT2D eigenvalue weighted by molar-refractivity contribution is 6.32. The van der Waals surface area contributed by atoms with Gasteiger partial charge in [0, 0.05) is 0 Å². The minimum Gasteiger partial charge on any atom is -0.480 e. The average molecular weight is 227 g/mol. The average Bonchev–Trinajstić information content (AvgIpc) is 2.59. The number of H-pyrrole nitrogens is 1. The molecule has 78 valence electrons. The predicted octanol–water partition coefficient (Wildman–Crippen LogP) is 1.92. The van der Waals surface area contributed by atoms with Gasteiger partial charge >= 0.3 is 5.97 Å². The fourth-order valence-corrected chi connectivity index (χ4v) is 1.50. The number of aromatic amines is 1. The van der Waals surface area contributed by atoms with E-state index in [9.17, 15) is 4.79 Å². The maximum atomic E-state index is 10.7. The second kappa shape index (κ2) is 3.43. The molecular weight excluding hydrogens is 220 g/mol. The van der Waals surface area contributed by atoms with Gasteiger partial charge in [-0.2, -0.15) is 0 Å². The molecule has 0 aliphatic carbocycles. The zero-order chi connectivity index (χ0) is 11.0. The fourth-order valence-electron chi connectivity index (χ4n) is 1.27. The number of ether oxygens (including phenoxy) is 1. The summed E-state index contributed by atoms with van der Waals surface area (Å²) in [7, 11) is 1.45. The van der Waals surface area contributed by atoms with Crippen LogP contribution >= 0.6 is 11.6 Å². The van der Waals surface area contributed by atoms with Crippen LogP contribution in [0.2, 0.25) is 5.02 Å². The van der Waals surface area contributed by atoms with Crippen LogP contribution in [-0.4, -0.2) is 28.2 Å². The van der Waals surface area contributed by atoms with Crippen molar-refractivity contribution in [2.45, 2.75) is 0 Å². The molecule has 0 amide bonds. The summed E-state index contributed by atoms with van der Waals surface area (Å²) < 4.78 is 4.92. The first kappa shape index (κ1) is 9.79. The molecule has 0 aromatic carbocycles. The van der Waals surface area contributed by atoms with E-state index in [0.717, 1.165) is 0 Å². The summed E-state index contributed by atoms with van der Waals surface area (Å²) >= 11 is 5.84. The van der Waals surface area contributed by atoms with E-state index in [0.29, 0.717) is 16.1 Å². The molecule has 0 fully saturated rings. The van der Waals surface area contributed by atoms with E-state index < -0.39 is 5.97 Å². The van der Waals surface area contributed by atoms with Crippen molar-refractivity contribution >= 4 is 28.6 Å². The molecule has 2 N–H and O–H groups in total. The fraction of sp³-hybridized carbons (Fsp3) is 0.111. The van der Waals surface area contributed by atoms with Gasteiger partial charge in [-0.1, -0.05) is 11.6 Å². The number of aromatic nitrogens is 2. The number of carboxylic acids is 1. The number of hydrogen-bond acceptors (Lipinski definition) is 3. The van der Waals surface area contributed by atoms with Crippen LogP contribution in [0.5, 0.6) is 5.88 Å². The predicted molar refractivity (Wildman–Crippen MR) is 54.6 cm³/mol. The topological polar surface area (TPSA) is 75.2 Å². The van der Waals surface area contributed by atoms with Gasteiger partial charge in [0.05, 0.1) is 18.1 Å². The molecule has 0 saturated heterocycles. The Morgan fingerprint density at radius 2 is 2.33 bits per heavy atom. The standard InChI is InChI=1S/C9H7ClN2O3/c1-15-8-4(10)2-5-6(12-8)3-7(11-5)9(13)14/h2-3,11H,1H3,(H,13,14). The lowest BCUT2D eigenvalue weighted by Crippen LogP contribution is -1.94. The molecule has 0 aliphatic rings. The Labute approximate surface area is 89.6 Å². The Morgan fingerprint density at radius 1 is 1.60 bits per heavy atom. The number of pyridine rings is 1. The second-order valence-corrected chi connectivity index (χ2v) is 3.31. The van der Waals surface area contributed by atoms with Crippen molar-refractivity contribution in [2.24, 2.45) is 0 Å². The Kier molecular flexibility index (Phi) is 2.24. The smallest absolute Gasteiger partial charge is 0.352 e. The molecule has 2 aromatic heterocycles. The molecule has 0 bridgehead atoms. The molecule has 0 saturated carbocycles. The molecule has 6 heteroatoms. The molecule has 0 radical (unpaired) electrons. The molecule has 2 aromatic rings. The van der Waals surface area contributed by atoms with E-state index in [-0.39, 0.29) is 11.6 Å². The summed E-state index contributed by atoms with van der Waals surface area (Å²) in [5, 5.41) is 9.10. The Balaban J connectivity index is 2.66. The molecule has 15 heavy (non-hydrogen) atoms. The van der Waals surface area contributed by atoms with Crippen molar-refractivity contribution in [3.8, 4) is 5.88 Å². The maximum absolute atomic E-state index is 10.7. The highest BCUT2D eigenvalue weighted by atomic mass is 35.5. The van der Waals surface area contributed by atoms with Gasteiger partial charge in [0.2, 0.25) is 5.88 Å². The van der Waals surface area contributed by atoms with E-state index in [1.807, 2.05) is 0 Å². The Morgan fingerprint density at radius 3 is 2.93 bits per heavy atom. The van der Waals surface area contributed by atoms with E-state index in [2.05, 4.69) is 9.97 Å². The molecule has 0 unspecified atom stereocenters. The van der Waals surface area contributed by atoms with Gasteiger partial charge in [0.1, 0.15) is 10.7 Å². The first-order valence-electron chi connectivity index (χ1n) is 4.08. The quantitative estimate of drug-likeness (QED) is 0.820. The van der Waals surface area contributed by atoms with Crippen LogP contribution in [0.3, 0.4) is 0 Å². The highest BCUT2D eigenvalue weighted by Crippen LogP contribution is 2.26. The summed E-state index contributed by atoms with van der Waals surface area (Å²) in [6.07, 6.45) is 0. The molecule has 0 atom stereocenters. The SMILES string of the molecule is COc1nc2cc(C(=O)O)[nH]c2cc1Cl. The largest absolute Gasteiger partial charge is 0.480 e. The zero-order valence-electron chi connectivity index (χ0n) is 7.74. The normalized spacial score (nSPS) is 10.5. The van der Waals surface area contributed by atoms with Gasteiger partial charge < -0.3 is 14.8 Å². The minimum atomic E-state index is -1.04. The minimum absolute atomic E-state index is 0.0711. The van der Waals surface area contributed by atoms with E-state index in [4.69, 9.17) is 21.4 Å². The number of rotatable bonds is 2. The maximum Gasteiger partial charge on any atom is 0.352 e. The van der Waals surface area contributed by atoms with E-state index in [1.165, 1.54) is 13.2 Å². The number of nitrogens with zero attached hydrogens (tertiary/aromatic N) is 1. The first-order valence-corrected chi connectivity index (χ1v) is 4.46. The van der Waals surface area contributed by atoms with Gasteiger partial charge in [-0.3, -0.25) is 0 Å². The van der Waals surface area contributed by atoms with Crippen LogP contribution in [0.1, 0.15) is 10.5 Å². The van der Waals surface area contributed by atoms with Crippen LogP contribution < -0.4 is 4.74 Å². The van der Waals surface area contributed by atoms with Crippen molar-refractivity contribution in [1.82, 2.24) is 9.97 Å². The summed E-state index contributed by atoms with van der Waals surface area (Å²) in [6, 6.07) is 3.01. The molecule has 0 aliphatic heterocycles. The monoisotopic (exact) mass is 226 g/mol. The van der Waals surface area contributed by atoms with Crippen molar-refractivity contribution in [3.05, 3.63) is 22.8 Å². The number of carboxylic acid groups (broad SMARTS) is 1. The van der Waals surface area contributed by atoms with Crippen molar-refractivity contribution in [2.75, 3.05) is 7.11 Å².